The minimum atomic E-state index is -0.482. The zero-order valence-electron chi connectivity index (χ0n) is 9.78. The maximum atomic E-state index is 12.3. The molecule has 1 unspecified atom stereocenters. The number of rotatable bonds is 1. The van der Waals surface area contributed by atoms with Crippen molar-refractivity contribution < 1.29 is 9.59 Å². The lowest BCUT2D eigenvalue weighted by Crippen LogP contribution is -2.55. The Hall–Kier alpha value is -2.05. The van der Waals surface area contributed by atoms with Crippen molar-refractivity contribution in [3.8, 4) is 0 Å². The standard InChI is InChI=1S/C10H15N5O2/c1-5-7(8(11)14-13-5)10(17)15-4-3-12-9(16)6(15)2/h6H,3-4H2,1-2H3,(H,12,16)(H3,11,13,14). The van der Waals surface area contributed by atoms with Crippen molar-refractivity contribution in [1.29, 1.82) is 0 Å². The van der Waals surface area contributed by atoms with Crippen molar-refractivity contribution in [3.63, 3.8) is 0 Å². The number of nitrogen functional groups attached to an aromatic ring is 1. The van der Waals surface area contributed by atoms with E-state index in [-0.39, 0.29) is 17.6 Å². The Morgan fingerprint density at radius 3 is 2.88 bits per heavy atom. The Labute approximate surface area is 98.4 Å². The van der Waals surface area contributed by atoms with Gasteiger partial charge in [0.05, 0.1) is 0 Å². The van der Waals surface area contributed by atoms with E-state index in [1.54, 1.807) is 13.8 Å². The van der Waals surface area contributed by atoms with Crippen LogP contribution >= 0.6 is 0 Å². The van der Waals surface area contributed by atoms with Crippen LogP contribution in [-0.2, 0) is 4.79 Å². The van der Waals surface area contributed by atoms with E-state index >= 15 is 0 Å². The van der Waals surface area contributed by atoms with Gasteiger partial charge in [0.2, 0.25) is 5.91 Å². The number of hydrogen-bond donors (Lipinski definition) is 3. The molecule has 1 aliphatic heterocycles. The first-order chi connectivity index (χ1) is 8.02. The molecule has 1 fully saturated rings. The van der Waals surface area contributed by atoms with Crippen LogP contribution in [-0.4, -0.2) is 46.0 Å². The summed E-state index contributed by atoms with van der Waals surface area (Å²) in [5.41, 5.74) is 6.61. The van der Waals surface area contributed by atoms with E-state index in [4.69, 9.17) is 5.73 Å². The van der Waals surface area contributed by atoms with Gasteiger partial charge in [0.1, 0.15) is 11.6 Å². The Morgan fingerprint density at radius 1 is 1.59 bits per heavy atom. The highest BCUT2D eigenvalue weighted by Crippen LogP contribution is 2.17. The van der Waals surface area contributed by atoms with E-state index in [1.165, 1.54) is 4.90 Å². The minimum absolute atomic E-state index is 0.149. The van der Waals surface area contributed by atoms with Crippen molar-refractivity contribution >= 4 is 17.6 Å². The Bertz CT molecular complexity index is 448. The van der Waals surface area contributed by atoms with Crippen molar-refractivity contribution in [1.82, 2.24) is 20.4 Å². The van der Waals surface area contributed by atoms with Gasteiger partial charge in [-0.3, -0.25) is 14.7 Å². The third kappa shape index (κ3) is 1.83. The summed E-state index contributed by atoms with van der Waals surface area (Å²) >= 11 is 0. The molecule has 1 aromatic heterocycles. The number of aromatic amines is 1. The molecule has 2 heterocycles. The van der Waals surface area contributed by atoms with E-state index in [1.807, 2.05) is 0 Å². The van der Waals surface area contributed by atoms with Gasteiger partial charge < -0.3 is 16.0 Å². The highest BCUT2D eigenvalue weighted by atomic mass is 16.2. The number of hydrogen-bond acceptors (Lipinski definition) is 4. The number of amides is 2. The van der Waals surface area contributed by atoms with E-state index in [0.29, 0.717) is 24.3 Å². The molecule has 1 atom stereocenters. The van der Waals surface area contributed by atoms with Crippen LogP contribution in [0.4, 0.5) is 5.82 Å². The molecule has 4 N–H and O–H groups in total. The molecule has 0 bridgehead atoms. The smallest absolute Gasteiger partial charge is 0.260 e. The number of nitrogens with two attached hydrogens (primary N) is 1. The normalized spacial score (nSPS) is 20.2. The zero-order chi connectivity index (χ0) is 12.6. The fraction of sp³-hybridized carbons (Fsp3) is 0.500. The molecule has 1 aromatic rings. The highest BCUT2D eigenvalue weighted by molar-refractivity contribution is 6.02. The lowest BCUT2D eigenvalue weighted by Gasteiger charge is -2.32. The summed E-state index contributed by atoms with van der Waals surface area (Å²) in [7, 11) is 0. The minimum Gasteiger partial charge on any atom is -0.382 e. The van der Waals surface area contributed by atoms with Crippen LogP contribution in [0.15, 0.2) is 0 Å². The number of anilines is 1. The monoisotopic (exact) mass is 237 g/mol. The van der Waals surface area contributed by atoms with Crippen molar-refractivity contribution in [2.45, 2.75) is 19.9 Å². The van der Waals surface area contributed by atoms with E-state index in [0.717, 1.165) is 0 Å². The number of aryl methyl sites for hydroxylation is 1. The van der Waals surface area contributed by atoms with Gasteiger partial charge in [-0.15, -0.1) is 0 Å². The quantitative estimate of drug-likeness (QED) is 0.598. The predicted octanol–water partition coefficient (Wildman–Crippen LogP) is -0.739. The summed E-state index contributed by atoms with van der Waals surface area (Å²) in [5, 5.41) is 9.14. The van der Waals surface area contributed by atoms with Crippen LogP contribution in [0.1, 0.15) is 23.0 Å². The summed E-state index contributed by atoms with van der Waals surface area (Å²) in [6.45, 7) is 4.37. The number of H-pyrrole nitrogens is 1. The molecule has 0 saturated carbocycles. The van der Waals surface area contributed by atoms with Gasteiger partial charge >= 0.3 is 0 Å². The number of aromatic nitrogens is 2. The second-order valence-corrected chi connectivity index (χ2v) is 4.07. The van der Waals surface area contributed by atoms with Gasteiger partial charge in [-0.25, -0.2) is 0 Å². The maximum Gasteiger partial charge on any atom is 0.260 e. The molecule has 17 heavy (non-hydrogen) atoms. The molecule has 1 aliphatic rings. The topological polar surface area (TPSA) is 104 Å². The Kier molecular flexibility index (Phi) is 2.74. The molecule has 0 radical (unpaired) electrons. The summed E-state index contributed by atoms with van der Waals surface area (Å²) in [6, 6.07) is -0.482. The van der Waals surface area contributed by atoms with Crippen LogP contribution < -0.4 is 11.1 Å². The Morgan fingerprint density at radius 2 is 2.29 bits per heavy atom. The largest absolute Gasteiger partial charge is 0.382 e. The van der Waals surface area contributed by atoms with Crippen LogP contribution in [0, 0.1) is 6.92 Å². The Balaban J connectivity index is 2.29. The molecule has 2 rings (SSSR count). The number of nitrogens with one attached hydrogen (secondary N) is 2. The van der Waals surface area contributed by atoms with Crippen LogP contribution in [0.2, 0.25) is 0 Å². The van der Waals surface area contributed by atoms with Crippen molar-refractivity contribution in [2.75, 3.05) is 18.8 Å². The molecular weight excluding hydrogens is 222 g/mol. The average Bonchev–Trinajstić information content (AvgIpc) is 2.62. The molecule has 92 valence electrons. The van der Waals surface area contributed by atoms with Gasteiger partial charge in [0.15, 0.2) is 5.82 Å². The second-order valence-electron chi connectivity index (χ2n) is 4.07. The fourth-order valence-electron chi connectivity index (χ4n) is 1.92. The molecular formula is C10H15N5O2. The summed E-state index contributed by atoms with van der Waals surface area (Å²) in [5.74, 6) is -0.230. The first-order valence-corrected chi connectivity index (χ1v) is 5.41. The second kappa shape index (κ2) is 4.08. The van der Waals surface area contributed by atoms with Crippen LogP contribution in [0.5, 0.6) is 0 Å². The van der Waals surface area contributed by atoms with E-state index in [2.05, 4.69) is 15.5 Å². The molecule has 7 nitrogen and oxygen atoms in total. The lowest BCUT2D eigenvalue weighted by molar-refractivity contribution is -0.127. The molecule has 0 spiro atoms. The highest BCUT2D eigenvalue weighted by Gasteiger charge is 2.32. The lowest BCUT2D eigenvalue weighted by atomic mass is 10.1. The van der Waals surface area contributed by atoms with Gasteiger partial charge in [-0.2, -0.15) is 5.10 Å². The third-order valence-corrected chi connectivity index (χ3v) is 2.95. The molecule has 1 saturated heterocycles. The van der Waals surface area contributed by atoms with Crippen LogP contribution in [0.25, 0.3) is 0 Å². The van der Waals surface area contributed by atoms with Gasteiger partial charge in [0.25, 0.3) is 5.91 Å². The van der Waals surface area contributed by atoms with Crippen LogP contribution in [0.3, 0.4) is 0 Å². The summed E-state index contributed by atoms with van der Waals surface area (Å²) < 4.78 is 0. The van der Waals surface area contributed by atoms with Gasteiger partial charge in [0, 0.05) is 18.8 Å². The number of carbonyl (C=O) groups is 2. The summed E-state index contributed by atoms with van der Waals surface area (Å²) in [4.78, 5) is 25.3. The SMILES string of the molecule is Cc1[nH]nc(N)c1C(=O)N1CCNC(=O)C1C. The first-order valence-electron chi connectivity index (χ1n) is 5.41. The fourth-order valence-corrected chi connectivity index (χ4v) is 1.92. The predicted molar refractivity (Wildman–Crippen MR) is 61.2 cm³/mol. The molecule has 0 aromatic carbocycles. The number of nitrogens with zero attached hydrogens (tertiary/aromatic N) is 2. The zero-order valence-corrected chi connectivity index (χ0v) is 9.78. The number of carbonyl (C=O) groups excluding carboxylic acids is 2. The molecule has 0 aliphatic carbocycles. The molecule has 2 amide bonds. The van der Waals surface area contributed by atoms with Crippen molar-refractivity contribution in [2.24, 2.45) is 0 Å². The number of piperazine rings is 1. The average molecular weight is 237 g/mol. The van der Waals surface area contributed by atoms with E-state index in [9.17, 15) is 9.59 Å². The first kappa shape index (κ1) is 11.4. The summed E-state index contributed by atoms with van der Waals surface area (Å²) in [6.07, 6.45) is 0. The third-order valence-electron chi connectivity index (χ3n) is 2.95. The van der Waals surface area contributed by atoms with Crippen molar-refractivity contribution in [3.05, 3.63) is 11.3 Å². The maximum absolute atomic E-state index is 12.3. The van der Waals surface area contributed by atoms with E-state index < -0.39 is 6.04 Å². The van der Waals surface area contributed by atoms with Gasteiger partial charge in [-0.05, 0) is 13.8 Å². The molecule has 7 heteroatoms. The van der Waals surface area contributed by atoms with Gasteiger partial charge in [-0.1, -0.05) is 0 Å².